The molecule has 0 aliphatic carbocycles. The Hall–Kier alpha value is -3.33. The van der Waals surface area contributed by atoms with Crippen LogP contribution in [0.2, 0.25) is 0 Å². The molecule has 1 aliphatic rings. The summed E-state index contributed by atoms with van der Waals surface area (Å²) in [5.41, 5.74) is 2.03. The molecule has 1 fully saturated rings. The summed E-state index contributed by atoms with van der Waals surface area (Å²) in [5, 5.41) is 11.1. The second-order valence-electron chi connectivity index (χ2n) is 7.59. The van der Waals surface area contributed by atoms with Crippen molar-refractivity contribution in [3.63, 3.8) is 0 Å². The predicted molar refractivity (Wildman–Crippen MR) is 110 cm³/mol. The number of nitro groups is 1. The Morgan fingerprint density at radius 2 is 2.13 bits per heavy atom. The van der Waals surface area contributed by atoms with Crippen molar-refractivity contribution in [1.82, 2.24) is 14.1 Å². The highest BCUT2D eigenvalue weighted by molar-refractivity contribution is 5.97. The molecule has 3 aromatic rings. The summed E-state index contributed by atoms with van der Waals surface area (Å²) in [7, 11) is 0. The Bertz CT molecular complexity index is 1200. The summed E-state index contributed by atoms with van der Waals surface area (Å²) in [4.78, 5) is 40.4. The average Bonchev–Trinajstić information content (AvgIpc) is 3.33. The maximum Gasteiger partial charge on any atom is 0.270 e. The Morgan fingerprint density at radius 3 is 2.83 bits per heavy atom. The lowest BCUT2D eigenvalue weighted by atomic mass is 10.1. The first-order chi connectivity index (χ1) is 14.3. The molecule has 1 aliphatic heterocycles. The number of non-ortho nitro benzene ring substituents is 1. The van der Waals surface area contributed by atoms with Gasteiger partial charge in [0.2, 0.25) is 0 Å². The normalized spacial score (nSPS) is 16.3. The Kier molecular flexibility index (Phi) is 5.21. The molecule has 0 amide bonds. The molecule has 3 heterocycles. The van der Waals surface area contributed by atoms with Crippen molar-refractivity contribution < 1.29 is 14.5 Å². The third-order valence-corrected chi connectivity index (χ3v) is 5.62. The van der Waals surface area contributed by atoms with Gasteiger partial charge in [0.1, 0.15) is 0 Å². The maximum absolute atomic E-state index is 13.0. The van der Waals surface area contributed by atoms with Gasteiger partial charge >= 0.3 is 0 Å². The number of fused-ring (bicyclic) bond motifs is 1. The van der Waals surface area contributed by atoms with E-state index in [9.17, 15) is 19.7 Å². The topological polar surface area (TPSA) is 109 Å². The maximum atomic E-state index is 13.0. The standard InChI is InChI=1S/C21H22N4O5/c1-13-8-17(14(2)24(13)10-16-4-3-7-30-16)20(26)11-23-12-22-19-6-5-15(25(28)29)9-18(19)21(23)27/h5-6,8-9,12,16H,3-4,7,10-11H2,1-2H3/t16-/m1/s1. The second-order valence-corrected chi connectivity index (χ2v) is 7.59. The molecule has 0 unspecified atom stereocenters. The molecule has 4 rings (SSSR count). The molecule has 0 bridgehead atoms. The van der Waals surface area contributed by atoms with E-state index < -0.39 is 10.5 Å². The van der Waals surface area contributed by atoms with Gasteiger partial charge in [0.25, 0.3) is 11.2 Å². The SMILES string of the molecule is Cc1cc(C(=O)Cn2cnc3ccc([N+](=O)[O-])cc3c2=O)c(C)n1C[C@H]1CCCO1. The van der Waals surface area contributed by atoms with Crippen LogP contribution in [0.3, 0.4) is 0 Å². The zero-order valence-electron chi connectivity index (χ0n) is 16.8. The fourth-order valence-electron chi connectivity index (χ4n) is 3.97. The number of aromatic nitrogens is 3. The summed E-state index contributed by atoms with van der Waals surface area (Å²) >= 11 is 0. The van der Waals surface area contributed by atoms with Crippen LogP contribution in [0.1, 0.15) is 34.6 Å². The quantitative estimate of drug-likeness (QED) is 0.351. The molecular formula is C21H22N4O5. The number of nitrogens with zero attached hydrogens (tertiary/aromatic N) is 4. The number of nitro benzene ring substituents is 1. The molecule has 0 spiro atoms. The number of hydrogen-bond acceptors (Lipinski definition) is 6. The lowest BCUT2D eigenvalue weighted by molar-refractivity contribution is -0.384. The molecule has 9 heteroatoms. The first kappa shape index (κ1) is 20.0. The monoisotopic (exact) mass is 410 g/mol. The predicted octanol–water partition coefficient (Wildman–Crippen LogP) is 2.78. The van der Waals surface area contributed by atoms with Crippen LogP contribution < -0.4 is 5.56 Å². The van der Waals surface area contributed by atoms with E-state index in [0.29, 0.717) is 17.6 Å². The Balaban J connectivity index is 1.62. The largest absolute Gasteiger partial charge is 0.376 e. The number of rotatable bonds is 6. The van der Waals surface area contributed by atoms with Gasteiger partial charge in [-0.2, -0.15) is 0 Å². The van der Waals surface area contributed by atoms with Gasteiger partial charge in [0.05, 0.1) is 34.8 Å². The van der Waals surface area contributed by atoms with Gasteiger partial charge in [0.15, 0.2) is 5.78 Å². The van der Waals surface area contributed by atoms with Gasteiger partial charge in [-0.15, -0.1) is 0 Å². The summed E-state index contributed by atoms with van der Waals surface area (Å²) in [6.45, 7) is 5.12. The number of ketones is 1. The zero-order chi connectivity index (χ0) is 21.4. The second kappa shape index (κ2) is 7.83. The third-order valence-electron chi connectivity index (χ3n) is 5.62. The van der Waals surface area contributed by atoms with Crippen molar-refractivity contribution >= 4 is 22.4 Å². The van der Waals surface area contributed by atoms with E-state index >= 15 is 0 Å². The summed E-state index contributed by atoms with van der Waals surface area (Å²) in [6, 6.07) is 5.75. The van der Waals surface area contributed by atoms with Crippen molar-refractivity contribution in [2.75, 3.05) is 6.61 Å². The van der Waals surface area contributed by atoms with Crippen molar-refractivity contribution in [2.45, 2.75) is 45.9 Å². The minimum Gasteiger partial charge on any atom is -0.376 e. The highest BCUT2D eigenvalue weighted by Crippen LogP contribution is 2.21. The van der Waals surface area contributed by atoms with E-state index in [-0.39, 0.29) is 29.5 Å². The molecule has 9 nitrogen and oxygen atoms in total. The number of carbonyl (C=O) groups is 1. The number of hydrogen-bond donors (Lipinski definition) is 0. The van der Waals surface area contributed by atoms with E-state index in [1.54, 1.807) is 0 Å². The van der Waals surface area contributed by atoms with Crippen LogP contribution in [-0.4, -0.2) is 37.5 Å². The Morgan fingerprint density at radius 1 is 1.33 bits per heavy atom. The molecule has 1 aromatic carbocycles. The number of aryl methyl sites for hydroxylation is 1. The number of benzene rings is 1. The lowest BCUT2D eigenvalue weighted by Crippen LogP contribution is -2.25. The van der Waals surface area contributed by atoms with Gasteiger partial charge in [0, 0.05) is 42.2 Å². The minimum atomic E-state index is -0.565. The highest BCUT2D eigenvalue weighted by atomic mass is 16.6. The molecule has 156 valence electrons. The minimum absolute atomic E-state index is 0.114. The molecule has 0 radical (unpaired) electrons. The van der Waals surface area contributed by atoms with Gasteiger partial charge in [-0.3, -0.25) is 24.3 Å². The van der Waals surface area contributed by atoms with Gasteiger partial charge in [-0.25, -0.2) is 4.98 Å². The molecule has 0 N–H and O–H groups in total. The van der Waals surface area contributed by atoms with Crippen molar-refractivity contribution in [3.05, 3.63) is 68.0 Å². The first-order valence-electron chi connectivity index (χ1n) is 9.80. The molecular weight excluding hydrogens is 388 g/mol. The Labute approximate surface area is 172 Å². The molecule has 2 aromatic heterocycles. The van der Waals surface area contributed by atoms with E-state index in [0.717, 1.165) is 30.8 Å². The van der Waals surface area contributed by atoms with Gasteiger partial charge in [-0.1, -0.05) is 0 Å². The van der Waals surface area contributed by atoms with Crippen molar-refractivity contribution in [1.29, 1.82) is 0 Å². The zero-order valence-corrected chi connectivity index (χ0v) is 16.8. The molecule has 1 atom stereocenters. The number of carbonyl (C=O) groups excluding carboxylic acids is 1. The highest BCUT2D eigenvalue weighted by Gasteiger charge is 2.22. The molecule has 30 heavy (non-hydrogen) atoms. The fraction of sp³-hybridized carbons (Fsp3) is 0.381. The number of Topliss-reactive ketones (excluding diaryl/α,β-unsaturated/α-hetero) is 1. The first-order valence-corrected chi connectivity index (χ1v) is 9.80. The lowest BCUT2D eigenvalue weighted by Gasteiger charge is -2.15. The molecule has 0 saturated carbocycles. The van der Waals surface area contributed by atoms with Gasteiger partial charge in [-0.05, 0) is 38.8 Å². The third kappa shape index (κ3) is 3.63. The molecule has 1 saturated heterocycles. The summed E-state index contributed by atoms with van der Waals surface area (Å²) < 4.78 is 8.98. The number of ether oxygens (including phenoxy) is 1. The summed E-state index contributed by atoms with van der Waals surface area (Å²) in [6.07, 6.45) is 3.51. The van der Waals surface area contributed by atoms with Gasteiger partial charge < -0.3 is 9.30 Å². The van der Waals surface area contributed by atoms with Crippen LogP contribution in [0.15, 0.2) is 35.4 Å². The smallest absolute Gasteiger partial charge is 0.270 e. The van der Waals surface area contributed by atoms with E-state index in [1.807, 2.05) is 19.9 Å². The van der Waals surface area contributed by atoms with E-state index in [4.69, 9.17) is 4.74 Å². The average molecular weight is 410 g/mol. The van der Waals surface area contributed by atoms with E-state index in [1.165, 1.54) is 29.1 Å². The van der Waals surface area contributed by atoms with Crippen LogP contribution in [0, 0.1) is 24.0 Å². The van der Waals surface area contributed by atoms with Crippen LogP contribution in [0.25, 0.3) is 10.9 Å². The van der Waals surface area contributed by atoms with Crippen LogP contribution in [0.4, 0.5) is 5.69 Å². The van der Waals surface area contributed by atoms with Crippen molar-refractivity contribution in [3.8, 4) is 0 Å². The van der Waals surface area contributed by atoms with Crippen molar-refractivity contribution in [2.24, 2.45) is 0 Å². The summed E-state index contributed by atoms with van der Waals surface area (Å²) in [5.74, 6) is -0.213. The van der Waals surface area contributed by atoms with E-state index in [2.05, 4.69) is 9.55 Å². The fourth-order valence-corrected chi connectivity index (χ4v) is 3.97. The van der Waals surface area contributed by atoms with Crippen LogP contribution >= 0.6 is 0 Å². The van der Waals surface area contributed by atoms with Crippen LogP contribution in [-0.2, 0) is 17.8 Å². The van der Waals surface area contributed by atoms with Crippen LogP contribution in [0.5, 0.6) is 0 Å².